The molecule has 0 spiro atoms. The maximum Gasteiger partial charge on any atom is 0.219 e. The molecule has 1 aromatic carbocycles. The van der Waals surface area contributed by atoms with E-state index in [0.717, 1.165) is 16.9 Å². The fourth-order valence-corrected chi connectivity index (χ4v) is 3.06. The van der Waals surface area contributed by atoms with Crippen LogP contribution in [-0.2, 0) is 6.54 Å². The number of hydrogen-bond donors (Lipinski definition) is 1. The monoisotopic (exact) mass is 390 g/mol. The van der Waals surface area contributed by atoms with E-state index in [-0.39, 0.29) is 0 Å². The van der Waals surface area contributed by atoms with Crippen molar-refractivity contribution in [1.29, 1.82) is 0 Å². The highest BCUT2D eigenvalue weighted by Crippen LogP contribution is 2.26. The molecular formula is C23H26N4O2. The van der Waals surface area contributed by atoms with Crippen molar-refractivity contribution in [1.82, 2.24) is 14.9 Å². The molecular weight excluding hydrogens is 364 g/mol. The van der Waals surface area contributed by atoms with Gasteiger partial charge in [0.1, 0.15) is 5.75 Å². The van der Waals surface area contributed by atoms with Crippen LogP contribution in [0.25, 0.3) is 0 Å². The van der Waals surface area contributed by atoms with E-state index in [2.05, 4.69) is 42.0 Å². The van der Waals surface area contributed by atoms with Gasteiger partial charge in [-0.05, 0) is 53.8 Å². The highest BCUT2D eigenvalue weighted by Gasteiger charge is 2.12. The van der Waals surface area contributed by atoms with Crippen molar-refractivity contribution >= 4 is 5.84 Å². The maximum absolute atomic E-state index is 9.52. The minimum atomic E-state index is 0.422. The SMILES string of the molecule is Cc1cc(Oc2ccc(/C(=N/O)N(C)Cc3cccnc3)cn2)cc(C(C)C)c1. The van der Waals surface area contributed by atoms with Crippen LogP contribution in [-0.4, -0.2) is 33.0 Å². The molecule has 6 nitrogen and oxygen atoms in total. The second kappa shape index (κ2) is 9.19. The van der Waals surface area contributed by atoms with Gasteiger partial charge >= 0.3 is 0 Å². The van der Waals surface area contributed by atoms with Crippen molar-refractivity contribution in [2.45, 2.75) is 33.2 Å². The summed E-state index contributed by atoms with van der Waals surface area (Å²) in [6, 6.07) is 13.6. The maximum atomic E-state index is 9.52. The van der Waals surface area contributed by atoms with Crippen molar-refractivity contribution in [3.05, 3.63) is 83.3 Å². The van der Waals surface area contributed by atoms with Gasteiger partial charge in [0, 0.05) is 43.8 Å². The van der Waals surface area contributed by atoms with Gasteiger partial charge in [-0.1, -0.05) is 31.1 Å². The topological polar surface area (TPSA) is 70.8 Å². The third-order valence-electron chi connectivity index (χ3n) is 4.56. The Hall–Kier alpha value is -3.41. The molecule has 3 rings (SSSR count). The van der Waals surface area contributed by atoms with Gasteiger partial charge in [0.05, 0.1) is 0 Å². The number of hydrogen-bond acceptors (Lipinski definition) is 5. The Balaban J connectivity index is 1.73. The molecule has 150 valence electrons. The van der Waals surface area contributed by atoms with E-state index in [0.29, 0.717) is 29.7 Å². The lowest BCUT2D eigenvalue weighted by atomic mass is 10.0. The van der Waals surface area contributed by atoms with E-state index >= 15 is 0 Å². The van der Waals surface area contributed by atoms with Crippen LogP contribution in [0.1, 0.15) is 42.0 Å². The number of amidine groups is 1. The number of aromatic nitrogens is 2. The fraction of sp³-hybridized carbons (Fsp3) is 0.261. The van der Waals surface area contributed by atoms with Crippen LogP contribution in [0.15, 0.2) is 66.2 Å². The first-order valence-electron chi connectivity index (χ1n) is 9.54. The van der Waals surface area contributed by atoms with E-state index in [9.17, 15) is 5.21 Å². The van der Waals surface area contributed by atoms with Crippen LogP contribution in [0, 0.1) is 6.92 Å². The number of aryl methyl sites for hydroxylation is 1. The van der Waals surface area contributed by atoms with Crippen molar-refractivity contribution in [3.63, 3.8) is 0 Å². The Morgan fingerprint density at radius 3 is 2.62 bits per heavy atom. The summed E-state index contributed by atoms with van der Waals surface area (Å²) >= 11 is 0. The molecule has 1 N–H and O–H groups in total. The van der Waals surface area contributed by atoms with Crippen molar-refractivity contribution in [2.75, 3.05) is 7.05 Å². The largest absolute Gasteiger partial charge is 0.439 e. The zero-order chi connectivity index (χ0) is 20.8. The Kier molecular flexibility index (Phi) is 6.44. The molecule has 0 saturated carbocycles. The highest BCUT2D eigenvalue weighted by atomic mass is 16.5. The summed E-state index contributed by atoms with van der Waals surface area (Å²) < 4.78 is 5.94. The van der Waals surface area contributed by atoms with E-state index in [1.165, 1.54) is 5.56 Å². The number of pyridine rings is 2. The van der Waals surface area contributed by atoms with Crippen LogP contribution in [0.5, 0.6) is 11.6 Å². The lowest BCUT2D eigenvalue weighted by Gasteiger charge is -2.20. The molecule has 0 fully saturated rings. The molecule has 0 saturated heterocycles. The Morgan fingerprint density at radius 1 is 1.17 bits per heavy atom. The quantitative estimate of drug-likeness (QED) is 0.278. The standard InChI is InChI=1S/C23H26N4O2/c1-16(2)20-10-17(3)11-21(12-20)29-22-8-7-19(14-25-22)23(26-28)27(4)15-18-6-5-9-24-13-18/h5-14,16,28H,15H2,1-4H3/b26-23-. The van der Waals surface area contributed by atoms with Gasteiger partial charge in [-0.15, -0.1) is 0 Å². The molecule has 6 heteroatoms. The molecule has 2 aromatic heterocycles. The molecule has 29 heavy (non-hydrogen) atoms. The number of ether oxygens (including phenoxy) is 1. The Bertz CT molecular complexity index is 970. The van der Waals surface area contributed by atoms with Crippen LogP contribution in [0.3, 0.4) is 0 Å². The van der Waals surface area contributed by atoms with E-state index in [4.69, 9.17) is 4.74 Å². The third kappa shape index (κ3) is 5.31. The zero-order valence-electron chi connectivity index (χ0n) is 17.2. The average molecular weight is 390 g/mol. The normalized spacial score (nSPS) is 11.6. The minimum Gasteiger partial charge on any atom is -0.439 e. The molecule has 0 unspecified atom stereocenters. The summed E-state index contributed by atoms with van der Waals surface area (Å²) in [4.78, 5) is 10.3. The number of oxime groups is 1. The van der Waals surface area contributed by atoms with Crippen LogP contribution in [0.2, 0.25) is 0 Å². The summed E-state index contributed by atoms with van der Waals surface area (Å²) in [5.74, 6) is 2.09. The second-order valence-corrected chi connectivity index (χ2v) is 7.36. The summed E-state index contributed by atoms with van der Waals surface area (Å²) in [6.45, 7) is 6.93. The van der Waals surface area contributed by atoms with E-state index < -0.39 is 0 Å². The summed E-state index contributed by atoms with van der Waals surface area (Å²) in [5, 5.41) is 13.0. The second-order valence-electron chi connectivity index (χ2n) is 7.36. The van der Waals surface area contributed by atoms with E-state index in [1.54, 1.807) is 24.7 Å². The summed E-state index contributed by atoms with van der Waals surface area (Å²) in [6.07, 6.45) is 5.16. The van der Waals surface area contributed by atoms with Gasteiger partial charge in [-0.25, -0.2) is 4.98 Å². The predicted octanol–water partition coefficient (Wildman–Crippen LogP) is 4.97. The first kappa shape index (κ1) is 20.3. The molecule has 0 radical (unpaired) electrons. The highest BCUT2D eigenvalue weighted by molar-refractivity contribution is 5.97. The molecule has 0 aliphatic carbocycles. The molecule has 3 aromatic rings. The number of benzene rings is 1. The summed E-state index contributed by atoms with van der Waals surface area (Å²) in [7, 11) is 1.85. The average Bonchev–Trinajstić information content (AvgIpc) is 2.70. The lowest BCUT2D eigenvalue weighted by Crippen LogP contribution is -2.27. The Labute approximate surface area is 171 Å². The molecule has 0 amide bonds. The first-order chi connectivity index (χ1) is 14.0. The van der Waals surface area contributed by atoms with Gasteiger partial charge < -0.3 is 14.8 Å². The number of nitrogens with zero attached hydrogens (tertiary/aromatic N) is 4. The van der Waals surface area contributed by atoms with Gasteiger partial charge in [0.15, 0.2) is 5.84 Å². The minimum absolute atomic E-state index is 0.422. The van der Waals surface area contributed by atoms with Gasteiger partial charge in [-0.3, -0.25) is 4.98 Å². The van der Waals surface area contributed by atoms with Gasteiger partial charge in [0.2, 0.25) is 5.88 Å². The molecule has 0 aliphatic rings. The Morgan fingerprint density at radius 2 is 2.00 bits per heavy atom. The summed E-state index contributed by atoms with van der Waals surface area (Å²) in [5.41, 5.74) is 4.08. The van der Waals surface area contributed by atoms with Crippen LogP contribution in [0.4, 0.5) is 0 Å². The molecule has 0 aliphatic heterocycles. The van der Waals surface area contributed by atoms with Gasteiger partial charge in [0.25, 0.3) is 0 Å². The van der Waals surface area contributed by atoms with Gasteiger partial charge in [-0.2, -0.15) is 0 Å². The molecule has 2 heterocycles. The van der Waals surface area contributed by atoms with Crippen molar-refractivity contribution < 1.29 is 9.94 Å². The van der Waals surface area contributed by atoms with Crippen LogP contribution < -0.4 is 4.74 Å². The zero-order valence-corrected chi connectivity index (χ0v) is 17.2. The van der Waals surface area contributed by atoms with Crippen molar-refractivity contribution in [2.24, 2.45) is 5.16 Å². The van der Waals surface area contributed by atoms with Crippen molar-refractivity contribution in [3.8, 4) is 11.6 Å². The first-order valence-corrected chi connectivity index (χ1v) is 9.54. The van der Waals surface area contributed by atoms with Crippen LogP contribution >= 0.6 is 0 Å². The fourth-order valence-electron chi connectivity index (χ4n) is 3.06. The molecule has 0 bridgehead atoms. The number of rotatable bonds is 6. The van der Waals surface area contributed by atoms with E-state index in [1.807, 2.05) is 42.3 Å². The smallest absolute Gasteiger partial charge is 0.219 e. The predicted molar refractivity (Wildman–Crippen MR) is 114 cm³/mol. The molecule has 0 atom stereocenters. The lowest BCUT2D eigenvalue weighted by molar-refractivity contribution is 0.306. The third-order valence-corrected chi connectivity index (χ3v) is 4.56.